The third kappa shape index (κ3) is 3.87. The first-order valence-corrected chi connectivity index (χ1v) is 12.2. The molecular weight excluding hydrogens is 458 g/mol. The van der Waals surface area contributed by atoms with Gasteiger partial charge >= 0.3 is 6.29 Å². The second kappa shape index (κ2) is 7.83. The average Bonchev–Trinajstić information content (AvgIpc) is 3.38. The molecule has 2 amide bonds. The Balaban J connectivity index is 1.19. The highest BCUT2D eigenvalue weighted by atomic mass is 19.3. The number of nitrogens with one attached hydrogen (secondary N) is 2. The fourth-order valence-corrected chi connectivity index (χ4v) is 5.83. The van der Waals surface area contributed by atoms with Crippen molar-refractivity contribution in [2.24, 2.45) is 11.8 Å². The summed E-state index contributed by atoms with van der Waals surface area (Å²) < 4.78 is 36.5. The molecule has 4 aliphatic rings. The molecule has 1 aromatic heterocycles. The first kappa shape index (κ1) is 22.1. The van der Waals surface area contributed by atoms with Crippen molar-refractivity contribution < 1.29 is 27.8 Å². The van der Waals surface area contributed by atoms with Gasteiger partial charge in [0.25, 0.3) is 0 Å². The Morgan fingerprint density at radius 3 is 2.80 bits per heavy atom. The van der Waals surface area contributed by atoms with E-state index in [1.165, 1.54) is 6.07 Å². The topological polar surface area (TPSA) is 107 Å². The normalized spacial score (nSPS) is 25.6. The van der Waals surface area contributed by atoms with E-state index in [1.807, 2.05) is 4.90 Å². The van der Waals surface area contributed by atoms with E-state index in [9.17, 15) is 23.6 Å². The summed E-state index contributed by atoms with van der Waals surface area (Å²) in [4.78, 5) is 31.3. The molecule has 2 aliphatic heterocycles. The first-order valence-electron chi connectivity index (χ1n) is 12.2. The van der Waals surface area contributed by atoms with Gasteiger partial charge in [0.2, 0.25) is 11.8 Å². The van der Waals surface area contributed by atoms with Crippen molar-refractivity contribution in [2.75, 3.05) is 6.54 Å². The highest BCUT2D eigenvalue weighted by Crippen LogP contribution is 2.47. The van der Waals surface area contributed by atoms with Gasteiger partial charge in [-0.25, -0.2) is 0 Å². The number of hydrogen-bond donors (Lipinski definition) is 2. The lowest BCUT2D eigenvalue weighted by atomic mass is 9.76. The van der Waals surface area contributed by atoms with Crippen molar-refractivity contribution in [2.45, 2.75) is 69.7 Å². The van der Waals surface area contributed by atoms with Gasteiger partial charge < -0.3 is 24.7 Å². The number of benzene rings is 1. The largest absolute Gasteiger partial charge is 0.586 e. The van der Waals surface area contributed by atoms with E-state index in [2.05, 4.69) is 21.1 Å². The minimum atomic E-state index is -3.70. The molecule has 2 fully saturated rings. The second-order valence-corrected chi connectivity index (χ2v) is 10.2. The number of halogens is 2. The number of carbonyl (C=O) groups is 2. The van der Waals surface area contributed by atoms with Gasteiger partial charge in [-0.2, -0.15) is 5.26 Å². The van der Waals surface area contributed by atoms with Crippen LogP contribution in [0.1, 0.15) is 56.2 Å². The molecule has 35 heavy (non-hydrogen) atoms. The summed E-state index contributed by atoms with van der Waals surface area (Å²) >= 11 is 0. The molecule has 8 nitrogen and oxygen atoms in total. The van der Waals surface area contributed by atoms with Gasteiger partial charge in [0.1, 0.15) is 5.54 Å². The SMILES string of the molecule is N#CC1(NC(=O)C[C@H]2CCCC[C@H]2C(=O)N2CCc3[nH]c4c5c(ccc4c3C2)OC(F)(F)O5)CC1. The summed E-state index contributed by atoms with van der Waals surface area (Å²) in [7, 11) is 0. The van der Waals surface area contributed by atoms with Crippen molar-refractivity contribution >= 4 is 22.7 Å². The van der Waals surface area contributed by atoms with Crippen LogP contribution in [0.15, 0.2) is 12.1 Å². The summed E-state index contributed by atoms with van der Waals surface area (Å²) in [5, 5.41) is 12.9. The van der Waals surface area contributed by atoms with Crippen molar-refractivity contribution in [3.8, 4) is 17.6 Å². The fraction of sp³-hybridized carbons (Fsp3) is 0.560. The molecule has 3 heterocycles. The van der Waals surface area contributed by atoms with Crippen LogP contribution in [0.2, 0.25) is 0 Å². The predicted molar refractivity (Wildman–Crippen MR) is 119 cm³/mol. The third-order valence-electron chi connectivity index (χ3n) is 7.85. The van der Waals surface area contributed by atoms with Crippen molar-refractivity contribution in [3.05, 3.63) is 23.4 Å². The number of H-pyrrole nitrogens is 1. The van der Waals surface area contributed by atoms with Gasteiger partial charge in [-0.1, -0.05) is 12.8 Å². The number of ether oxygens (including phenoxy) is 2. The lowest BCUT2D eigenvalue weighted by Crippen LogP contribution is -2.44. The Morgan fingerprint density at radius 1 is 1.23 bits per heavy atom. The molecule has 184 valence electrons. The third-order valence-corrected chi connectivity index (χ3v) is 7.85. The average molecular weight is 485 g/mol. The molecule has 2 aliphatic carbocycles. The lowest BCUT2D eigenvalue weighted by Gasteiger charge is -2.36. The summed E-state index contributed by atoms with van der Waals surface area (Å²) in [6.45, 7) is 0.887. The van der Waals surface area contributed by atoms with Crippen LogP contribution in [0.25, 0.3) is 10.9 Å². The molecule has 2 saturated carbocycles. The van der Waals surface area contributed by atoms with Crippen LogP contribution in [-0.2, 0) is 22.6 Å². The zero-order valence-corrected chi connectivity index (χ0v) is 19.2. The van der Waals surface area contributed by atoms with Gasteiger partial charge in [0, 0.05) is 48.5 Å². The number of nitrogens with zero attached hydrogens (tertiary/aromatic N) is 2. The van der Waals surface area contributed by atoms with Crippen LogP contribution >= 0.6 is 0 Å². The first-order chi connectivity index (χ1) is 16.8. The molecule has 2 atom stereocenters. The number of hydrogen-bond acceptors (Lipinski definition) is 5. The van der Waals surface area contributed by atoms with Gasteiger partial charge in [-0.05, 0) is 43.7 Å². The van der Waals surface area contributed by atoms with Crippen LogP contribution < -0.4 is 14.8 Å². The summed E-state index contributed by atoms with van der Waals surface area (Å²) in [6.07, 6.45) is 1.98. The molecule has 0 saturated heterocycles. The highest BCUT2D eigenvalue weighted by Gasteiger charge is 2.46. The van der Waals surface area contributed by atoms with Crippen LogP contribution in [0, 0.1) is 23.2 Å². The maximum absolute atomic E-state index is 13.6. The maximum atomic E-state index is 13.6. The molecule has 6 rings (SSSR count). The van der Waals surface area contributed by atoms with E-state index in [-0.39, 0.29) is 41.6 Å². The molecule has 2 N–H and O–H groups in total. The van der Waals surface area contributed by atoms with Crippen molar-refractivity contribution in [3.63, 3.8) is 0 Å². The summed E-state index contributed by atoms with van der Waals surface area (Å²) in [5.74, 6) is -0.426. The Labute approximate surface area is 200 Å². The van der Waals surface area contributed by atoms with Gasteiger partial charge in [-0.15, -0.1) is 8.78 Å². The number of amides is 2. The molecule has 1 aromatic carbocycles. The van der Waals surface area contributed by atoms with Gasteiger partial charge in [0.05, 0.1) is 11.6 Å². The Bertz CT molecular complexity index is 1260. The van der Waals surface area contributed by atoms with Crippen LogP contribution in [-0.4, -0.2) is 40.1 Å². The van der Waals surface area contributed by atoms with E-state index in [1.54, 1.807) is 6.07 Å². The standard InChI is InChI=1S/C25H26F2N4O4/c26-25(27)34-19-6-5-16-17-12-31(10-7-18(17)29-21(16)22(19)35-25)23(33)15-4-2-1-3-14(15)11-20(32)30-24(13-28)8-9-24/h5-6,14-15,29H,1-4,7-12H2,(H,30,32)/t14-,15-/m1/s1. The van der Waals surface area contributed by atoms with E-state index >= 15 is 0 Å². The van der Waals surface area contributed by atoms with Crippen LogP contribution in [0.5, 0.6) is 11.5 Å². The molecule has 0 bridgehead atoms. The highest BCUT2D eigenvalue weighted by molar-refractivity contribution is 5.93. The van der Waals surface area contributed by atoms with Crippen molar-refractivity contribution in [1.29, 1.82) is 5.26 Å². The number of fused-ring (bicyclic) bond motifs is 5. The summed E-state index contributed by atoms with van der Waals surface area (Å²) in [5.41, 5.74) is 1.55. The number of rotatable bonds is 4. The number of carbonyl (C=O) groups excluding carboxylic acids is 2. The quantitative estimate of drug-likeness (QED) is 0.688. The molecule has 0 radical (unpaired) electrons. The molecule has 0 spiro atoms. The Morgan fingerprint density at radius 2 is 2.03 bits per heavy atom. The van der Waals surface area contributed by atoms with Gasteiger partial charge in [-0.3, -0.25) is 9.59 Å². The summed E-state index contributed by atoms with van der Waals surface area (Å²) in [6, 6.07) is 5.37. The minimum Gasteiger partial charge on any atom is -0.395 e. The number of aromatic amines is 1. The van der Waals surface area contributed by atoms with Crippen molar-refractivity contribution in [1.82, 2.24) is 15.2 Å². The monoisotopic (exact) mass is 484 g/mol. The number of nitriles is 1. The fourth-order valence-electron chi connectivity index (χ4n) is 5.83. The predicted octanol–water partition coefficient (Wildman–Crippen LogP) is 3.74. The maximum Gasteiger partial charge on any atom is 0.586 e. The Kier molecular flexibility index (Phi) is 4.95. The molecular formula is C25H26F2N4O4. The number of alkyl halides is 2. The van der Waals surface area contributed by atoms with E-state index < -0.39 is 11.8 Å². The smallest absolute Gasteiger partial charge is 0.395 e. The minimum absolute atomic E-state index is 0.0102. The van der Waals surface area contributed by atoms with E-state index in [0.29, 0.717) is 37.9 Å². The molecule has 10 heteroatoms. The van der Waals surface area contributed by atoms with Gasteiger partial charge in [0.15, 0.2) is 11.5 Å². The number of aromatic nitrogens is 1. The van der Waals surface area contributed by atoms with Crippen LogP contribution in [0.3, 0.4) is 0 Å². The van der Waals surface area contributed by atoms with E-state index in [0.717, 1.165) is 42.3 Å². The molecule has 0 unspecified atom stereocenters. The molecule has 2 aromatic rings. The van der Waals surface area contributed by atoms with Crippen LogP contribution in [0.4, 0.5) is 8.78 Å². The van der Waals surface area contributed by atoms with E-state index in [4.69, 9.17) is 4.74 Å². The second-order valence-electron chi connectivity index (χ2n) is 10.2. The zero-order chi connectivity index (χ0) is 24.4. The zero-order valence-electron chi connectivity index (χ0n) is 19.2. The lowest BCUT2D eigenvalue weighted by molar-refractivity contribution is -0.286. The Hall–Kier alpha value is -3.35.